The molecule has 0 radical (unpaired) electrons. The van der Waals surface area contributed by atoms with Crippen molar-refractivity contribution < 1.29 is 4.74 Å². The van der Waals surface area contributed by atoms with Crippen molar-refractivity contribution in [2.75, 3.05) is 6.61 Å². The van der Waals surface area contributed by atoms with E-state index >= 15 is 0 Å². The van der Waals surface area contributed by atoms with E-state index in [0.717, 1.165) is 10.5 Å². The van der Waals surface area contributed by atoms with Crippen LogP contribution in [0.1, 0.15) is 26.2 Å². The van der Waals surface area contributed by atoms with Crippen LogP contribution in [0.4, 0.5) is 0 Å². The highest BCUT2D eigenvalue weighted by Gasteiger charge is 2.24. The Morgan fingerprint density at radius 1 is 1.56 bits per heavy atom. The lowest BCUT2D eigenvalue weighted by Crippen LogP contribution is -2.17. The molecule has 0 aromatic rings. The molecule has 0 spiro atoms. The number of rotatable bonds is 2. The highest BCUT2D eigenvalue weighted by atomic mass is 127. The molecule has 0 saturated heterocycles. The van der Waals surface area contributed by atoms with Crippen molar-refractivity contribution in [1.82, 2.24) is 0 Å². The van der Waals surface area contributed by atoms with Gasteiger partial charge < -0.3 is 4.74 Å². The van der Waals surface area contributed by atoms with Gasteiger partial charge in [0, 0.05) is 10.5 Å². The Bertz CT molecular complexity index is 85.0. The van der Waals surface area contributed by atoms with Crippen molar-refractivity contribution in [3.05, 3.63) is 0 Å². The summed E-state index contributed by atoms with van der Waals surface area (Å²) in [5.41, 5.74) is 0. The first-order chi connectivity index (χ1) is 4.34. The lowest BCUT2D eigenvalue weighted by Gasteiger charge is -2.12. The summed E-state index contributed by atoms with van der Waals surface area (Å²) in [5.74, 6) is 0. The third kappa shape index (κ3) is 2.08. The van der Waals surface area contributed by atoms with E-state index in [-0.39, 0.29) is 0 Å². The van der Waals surface area contributed by atoms with E-state index in [4.69, 9.17) is 4.74 Å². The Hall–Kier alpha value is 0.690. The Morgan fingerprint density at radius 2 is 2.33 bits per heavy atom. The zero-order valence-electron chi connectivity index (χ0n) is 5.77. The van der Waals surface area contributed by atoms with E-state index < -0.39 is 0 Å². The monoisotopic (exact) mass is 240 g/mol. The maximum Gasteiger partial charge on any atom is 0.0692 e. The van der Waals surface area contributed by atoms with Gasteiger partial charge in [-0.1, -0.05) is 22.6 Å². The van der Waals surface area contributed by atoms with Crippen LogP contribution in [0.5, 0.6) is 0 Å². The first-order valence-corrected chi connectivity index (χ1v) is 4.85. The molecule has 54 valence electrons. The summed E-state index contributed by atoms with van der Waals surface area (Å²) in [6, 6.07) is 0. The quantitative estimate of drug-likeness (QED) is 0.532. The van der Waals surface area contributed by atoms with Gasteiger partial charge in [-0.25, -0.2) is 0 Å². The van der Waals surface area contributed by atoms with Crippen molar-refractivity contribution in [3.8, 4) is 0 Å². The predicted octanol–water partition coefficient (Wildman–Crippen LogP) is 2.38. The van der Waals surface area contributed by atoms with Crippen molar-refractivity contribution >= 4 is 22.6 Å². The van der Waals surface area contributed by atoms with Crippen LogP contribution < -0.4 is 0 Å². The lowest BCUT2D eigenvalue weighted by atomic mass is 10.3. The summed E-state index contributed by atoms with van der Waals surface area (Å²) in [6.45, 7) is 2.95. The molecule has 0 aliphatic heterocycles. The van der Waals surface area contributed by atoms with Gasteiger partial charge in [0.1, 0.15) is 0 Å². The molecular weight excluding hydrogens is 227 g/mol. The van der Waals surface area contributed by atoms with Gasteiger partial charge in [0.05, 0.1) is 6.10 Å². The molecule has 9 heavy (non-hydrogen) atoms. The zero-order valence-corrected chi connectivity index (χ0v) is 7.93. The minimum atomic E-state index is 0.565. The van der Waals surface area contributed by atoms with E-state index in [1.54, 1.807) is 0 Å². The Kier molecular flexibility index (Phi) is 3.26. The topological polar surface area (TPSA) is 9.23 Å². The van der Waals surface area contributed by atoms with Gasteiger partial charge in [-0.15, -0.1) is 0 Å². The molecule has 1 nitrogen and oxygen atoms in total. The number of hydrogen-bond donors (Lipinski definition) is 0. The van der Waals surface area contributed by atoms with Crippen LogP contribution in [0.2, 0.25) is 0 Å². The summed E-state index contributed by atoms with van der Waals surface area (Å²) < 4.78 is 6.29. The van der Waals surface area contributed by atoms with Crippen molar-refractivity contribution in [1.29, 1.82) is 0 Å². The number of ether oxygens (including phenoxy) is 1. The maximum atomic E-state index is 5.51. The largest absolute Gasteiger partial charge is 0.377 e. The van der Waals surface area contributed by atoms with Crippen LogP contribution in [-0.4, -0.2) is 16.6 Å². The third-order valence-corrected chi connectivity index (χ3v) is 3.18. The van der Waals surface area contributed by atoms with Gasteiger partial charge in [0.15, 0.2) is 0 Å². The fourth-order valence-corrected chi connectivity index (χ4v) is 2.29. The minimum Gasteiger partial charge on any atom is -0.377 e. The van der Waals surface area contributed by atoms with Crippen LogP contribution >= 0.6 is 22.6 Å². The number of halogens is 1. The molecule has 2 heteroatoms. The fourth-order valence-electron chi connectivity index (χ4n) is 1.28. The molecule has 0 heterocycles. The highest BCUT2D eigenvalue weighted by Crippen LogP contribution is 2.28. The first kappa shape index (κ1) is 7.79. The number of hydrogen-bond acceptors (Lipinski definition) is 1. The summed E-state index contributed by atoms with van der Waals surface area (Å²) in [6.07, 6.45) is 4.56. The Morgan fingerprint density at radius 3 is 2.78 bits per heavy atom. The molecular formula is C7H13IO. The summed E-state index contributed by atoms with van der Waals surface area (Å²) in [4.78, 5) is 0. The second-order valence-electron chi connectivity index (χ2n) is 2.44. The van der Waals surface area contributed by atoms with E-state index in [1.165, 1.54) is 19.3 Å². The highest BCUT2D eigenvalue weighted by molar-refractivity contribution is 14.1. The molecule has 1 rings (SSSR count). The van der Waals surface area contributed by atoms with Crippen LogP contribution in [0.15, 0.2) is 0 Å². The van der Waals surface area contributed by atoms with E-state index in [1.807, 2.05) is 0 Å². The summed E-state index contributed by atoms with van der Waals surface area (Å²) >= 11 is 2.49. The predicted molar refractivity (Wildman–Crippen MR) is 47.1 cm³/mol. The molecule has 0 amide bonds. The fraction of sp³-hybridized carbons (Fsp3) is 1.00. The average molecular weight is 240 g/mol. The van der Waals surface area contributed by atoms with Crippen LogP contribution in [0, 0.1) is 0 Å². The van der Waals surface area contributed by atoms with Crippen molar-refractivity contribution in [2.24, 2.45) is 0 Å². The van der Waals surface area contributed by atoms with Gasteiger partial charge in [0.25, 0.3) is 0 Å². The Labute approximate surface area is 70.3 Å². The molecule has 0 aromatic carbocycles. The Balaban J connectivity index is 2.22. The van der Waals surface area contributed by atoms with Crippen molar-refractivity contribution in [2.45, 2.75) is 36.2 Å². The molecule has 0 aromatic heterocycles. The van der Waals surface area contributed by atoms with Crippen LogP contribution in [-0.2, 0) is 4.74 Å². The molecule has 1 fully saturated rings. The van der Waals surface area contributed by atoms with E-state index in [0.29, 0.717) is 6.10 Å². The van der Waals surface area contributed by atoms with Gasteiger partial charge in [-0.2, -0.15) is 0 Å². The van der Waals surface area contributed by atoms with Gasteiger partial charge in [0.2, 0.25) is 0 Å². The second-order valence-corrected chi connectivity index (χ2v) is 4.04. The van der Waals surface area contributed by atoms with E-state index in [9.17, 15) is 0 Å². The van der Waals surface area contributed by atoms with Gasteiger partial charge in [-0.05, 0) is 26.2 Å². The molecule has 0 bridgehead atoms. The average Bonchev–Trinajstić information content (AvgIpc) is 2.18. The van der Waals surface area contributed by atoms with Crippen LogP contribution in [0.25, 0.3) is 0 Å². The molecule has 0 N–H and O–H groups in total. The standard InChI is InChI=1S/C7H13IO/c1-2-9-7-5-3-4-6(7)8/h6-7H,2-5H2,1H3/t6-,7-/m0/s1. The van der Waals surface area contributed by atoms with Crippen molar-refractivity contribution in [3.63, 3.8) is 0 Å². The molecule has 2 atom stereocenters. The number of alkyl halides is 1. The molecule has 1 aliphatic carbocycles. The van der Waals surface area contributed by atoms with E-state index in [2.05, 4.69) is 29.5 Å². The zero-order chi connectivity index (χ0) is 6.69. The molecule has 1 aliphatic rings. The lowest BCUT2D eigenvalue weighted by molar-refractivity contribution is 0.0745. The van der Waals surface area contributed by atoms with Gasteiger partial charge >= 0.3 is 0 Å². The maximum absolute atomic E-state index is 5.51. The molecule has 1 saturated carbocycles. The summed E-state index contributed by atoms with van der Waals surface area (Å²) in [7, 11) is 0. The first-order valence-electron chi connectivity index (χ1n) is 3.60. The smallest absolute Gasteiger partial charge is 0.0692 e. The van der Waals surface area contributed by atoms with Gasteiger partial charge in [-0.3, -0.25) is 0 Å². The van der Waals surface area contributed by atoms with Crippen LogP contribution in [0.3, 0.4) is 0 Å². The minimum absolute atomic E-state index is 0.565. The SMILES string of the molecule is CCO[C@H]1CCC[C@@H]1I. The molecule has 0 unspecified atom stereocenters. The summed E-state index contributed by atoms with van der Waals surface area (Å²) in [5, 5.41) is 0. The third-order valence-electron chi connectivity index (χ3n) is 1.75. The normalized spacial score (nSPS) is 35.3. The second kappa shape index (κ2) is 3.76.